The highest BCUT2D eigenvalue weighted by Gasteiger charge is 2.22. The van der Waals surface area contributed by atoms with Gasteiger partial charge in [-0.25, -0.2) is 18.9 Å². The van der Waals surface area contributed by atoms with Gasteiger partial charge >= 0.3 is 0 Å². The van der Waals surface area contributed by atoms with Crippen LogP contribution in [0.25, 0.3) is 29.2 Å². The van der Waals surface area contributed by atoms with E-state index in [2.05, 4.69) is 20.1 Å². The molecule has 0 atom stereocenters. The second-order valence-corrected chi connectivity index (χ2v) is 6.41. The van der Waals surface area contributed by atoms with E-state index in [4.69, 9.17) is 0 Å². The van der Waals surface area contributed by atoms with Crippen LogP contribution in [-0.4, -0.2) is 29.1 Å². The third-order valence-electron chi connectivity index (χ3n) is 4.61. The molecule has 0 spiro atoms. The van der Waals surface area contributed by atoms with Gasteiger partial charge in [0.1, 0.15) is 11.6 Å². The minimum Gasteiger partial charge on any atom is -0.326 e. The van der Waals surface area contributed by atoms with Gasteiger partial charge in [-0.15, -0.1) is 5.10 Å². The fourth-order valence-corrected chi connectivity index (χ4v) is 3.29. The Kier molecular flexibility index (Phi) is 3.06. The van der Waals surface area contributed by atoms with E-state index in [0.717, 1.165) is 34.1 Å². The Balaban J connectivity index is 1.49. The molecule has 128 valence electrons. The van der Waals surface area contributed by atoms with E-state index >= 15 is 0 Å². The molecule has 0 aliphatic carbocycles. The molecule has 0 radical (unpaired) electrons. The molecule has 1 aromatic carbocycles. The zero-order valence-electron chi connectivity index (χ0n) is 14.3. The molecule has 6 nitrogen and oxygen atoms in total. The lowest BCUT2D eigenvalue weighted by atomic mass is 10.1. The summed E-state index contributed by atoms with van der Waals surface area (Å²) in [5.41, 5.74) is 4.86. The molecule has 0 bridgehead atoms. The quantitative estimate of drug-likeness (QED) is 0.492. The zero-order chi connectivity index (χ0) is 17.8. The Hall–Kier alpha value is -3.35. The molecule has 0 fully saturated rings. The second-order valence-electron chi connectivity index (χ2n) is 6.41. The van der Waals surface area contributed by atoms with E-state index in [1.807, 2.05) is 42.8 Å². The maximum Gasteiger partial charge on any atom is 0.177 e. The third-order valence-corrected chi connectivity index (χ3v) is 4.61. The van der Waals surface area contributed by atoms with Gasteiger partial charge in [-0.2, -0.15) is 0 Å². The van der Waals surface area contributed by atoms with Gasteiger partial charge in [0.25, 0.3) is 0 Å². The van der Waals surface area contributed by atoms with Crippen molar-refractivity contribution in [3.05, 3.63) is 64.9 Å². The third kappa shape index (κ3) is 2.17. The molecular formula is C19H15FN6. The van der Waals surface area contributed by atoms with Crippen LogP contribution in [0.15, 0.2) is 30.6 Å². The predicted octanol–water partition coefficient (Wildman–Crippen LogP) is 3.28. The normalized spacial score (nSPS) is 12.9. The van der Waals surface area contributed by atoms with E-state index in [0.29, 0.717) is 17.9 Å². The number of fused-ring (bicyclic) bond motifs is 4. The number of hydrogen-bond donors (Lipinski definition) is 0. The summed E-state index contributed by atoms with van der Waals surface area (Å²) in [7, 11) is 0. The average Bonchev–Trinajstić information content (AvgIpc) is 3.30. The summed E-state index contributed by atoms with van der Waals surface area (Å²) in [6.07, 6.45) is 7.40. The maximum atomic E-state index is 13.9. The van der Waals surface area contributed by atoms with Crippen molar-refractivity contribution in [2.75, 3.05) is 0 Å². The summed E-state index contributed by atoms with van der Waals surface area (Å²) < 4.78 is 17.6. The lowest BCUT2D eigenvalue weighted by molar-refractivity contribution is 0.607. The number of hydrogen-bond acceptors (Lipinski definition) is 4. The van der Waals surface area contributed by atoms with E-state index in [1.165, 1.54) is 6.07 Å². The Morgan fingerprint density at radius 2 is 2.04 bits per heavy atom. The first kappa shape index (κ1) is 14.9. The highest BCUT2D eigenvalue weighted by atomic mass is 19.1. The first-order chi connectivity index (χ1) is 12.6. The van der Waals surface area contributed by atoms with Gasteiger partial charge in [-0.3, -0.25) is 4.98 Å². The molecule has 0 amide bonds. The van der Waals surface area contributed by atoms with Crippen molar-refractivity contribution in [2.45, 2.75) is 20.4 Å². The fourth-order valence-electron chi connectivity index (χ4n) is 3.29. The number of aryl methyl sites for hydroxylation is 2. The van der Waals surface area contributed by atoms with Gasteiger partial charge in [0.05, 0.1) is 23.6 Å². The van der Waals surface area contributed by atoms with Crippen LogP contribution in [0, 0.1) is 19.7 Å². The lowest BCUT2D eigenvalue weighted by Gasteiger charge is -1.98. The number of rotatable bonds is 2. The molecular weight excluding hydrogens is 331 g/mol. The van der Waals surface area contributed by atoms with Crippen molar-refractivity contribution in [3.8, 4) is 11.4 Å². The van der Waals surface area contributed by atoms with Gasteiger partial charge < -0.3 is 4.57 Å². The van der Waals surface area contributed by atoms with Crippen molar-refractivity contribution in [1.29, 1.82) is 0 Å². The Labute approximate surface area is 148 Å². The molecule has 7 heteroatoms. The van der Waals surface area contributed by atoms with Crippen LogP contribution >= 0.6 is 0 Å². The molecule has 0 unspecified atom stereocenters. The minimum atomic E-state index is -0.182. The van der Waals surface area contributed by atoms with E-state index in [1.54, 1.807) is 16.8 Å². The predicted molar refractivity (Wildman–Crippen MR) is 95.9 cm³/mol. The number of imidazole rings is 1. The second kappa shape index (κ2) is 5.32. The topological polar surface area (TPSA) is 60.9 Å². The maximum absolute atomic E-state index is 13.9. The molecule has 4 aromatic rings. The zero-order valence-corrected chi connectivity index (χ0v) is 14.3. The van der Waals surface area contributed by atoms with Crippen LogP contribution in [0.5, 0.6) is 0 Å². The molecule has 0 saturated carbocycles. The van der Waals surface area contributed by atoms with Gasteiger partial charge in [0.2, 0.25) is 0 Å². The number of nitrogens with zero attached hydrogens (tertiary/aromatic N) is 6. The number of halogens is 1. The van der Waals surface area contributed by atoms with Crippen LogP contribution in [0.2, 0.25) is 0 Å². The standard InChI is InChI=1S/C19H15FN6/c1-11-8-21-12(2)18-23-17(24-26(11)18)7-6-13-9-25-10-15-14(19(25)22-13)4-3-5-16(15)20/h3-9H,10H2,1-2H3. The summed E-state index contributed by atoms with van der Waals surface area (Å²) in [4.78, 5) is 13.4. The molecule has 0 N–H and O–H groups in total. The number of benzene rings is 1. The molecule has 1 aliphatic heterocycles. The van der Waals surface area contributed by atoms with Crippen LogP contribution in [0.1, 0.15) is 28.5 Å². The summed E-state index contributed by atoms with van der Waals surface area (Å²) in [5, 5.41) is 4.49. The van der Waals surface area contributed by atoms with Gasteiger partial charge in [-0.1, -0.05) is 12.1 Å². The van der Waals surface area contributed by atoms with Crippen LogP contribution < -0.4 is 0 Å². The van der Waals surface area contributed by atoms with Crippen molar-refractivity contribution in [1.82, 2.24) is 29.1 Å². The first-order valence-electron chi connectivity index (χ1n) is 8.32. The van der Waals surface area contributed by atoms with Crippen LogP contribution in [0.3, 0.4) is 0 Å². The monoisotopic (exact) mass is 346 g/mol. The lowest BCUT2D eigenvalue weighted by Crippen LogP contribution is -1.97. The van der Waals surface area contributed by atoms with Crippen molar-refractivity contribution in [3.63, 3.8) is 0 Å². The van der Waals surface area contributed by atoms with Crippen LogP contribution in [-0.2, 0) is 6.54 Å². The summed E-state index contributed by atoms with van der Waals surface area (Å²) >= 11 is 0. The van der Waals surface area contributed by atoms with Crippen LogP contribution in [0.4, 0.5) is 4.39 Å². The van der Waals surface area contributed by atoms with E-state index in [-0.39, 0.29) is 5.82 Å². The van der Waals surface area contributed by atoms with Crippen molar-refractivity contribution in [2.24, 2.45) is 0 Å². The molecule has 0 saturated heterocycles. The molecule has 4 heterocycles. The van der Waals surface area contributed by atoms with Crippen molar-refractivity contribution < 1.29 is 4.39 Å². The molecule has 5 rings (SSSR count). The van der Waals surface area contributed by atoms with E-state index in [9.17, 15) is 4.39 Å². The minimum absolute atomic E-state index is 0.182. The van der Waals surface area contributed by atoms with Crippen molar-refractivity contribution >= 4 is 17.8 Å². The van der Waals surface area contributed by atoms with Gasteiger partial charge in [0, 0.05) is 23.5 Å². The highest BCUT2D eigenvalue weighted by molar-refractivity contribution is 5.70. The summed E-state index contributed by atoms with van der Waals surface area (Å²) in [5.74, 6) is 1.21. The summed E-state index contributed by atoms with van der Waals surface area (Å²) in [6, 6.07) is 5.10. The largest absolute Gasteiger partial charge is 0.326 e. The smallest absolute Gasteiger partial charge is 0.177 e. The Morgan fingerprint density at radius 1 is 1.15 bits per heavy atom. The van der Waals surface area contributed by atoms with Gasteiger partial charge in [-0.05, 0) is 32.1 Å². The molecule has 1 aliphatic rings. The Morgan fingerprint density at radius 3 is 2.88 bits per heavy atom. The van der Waals surface area contributed by atoms with E-state index < -0.39 is 0 Å². The molecule has 26 heavy (non-hydrogen) atoms. The first-order valence-corrected chi connectivity index (χ1v) is 8.32. The highest BCUT2D eigenvalue weighted by Crippen LogP contribution is 2.32. The average molecular weight is 346 g/mol. The number of aromatic nitrogens is 6. The molecule has 3 aromatic heterocycles. The summed E-state index contributed by atoms with van der Waals surface area (Å²) in [6.45, 7) is 4.36. The fraction of sp³-hybridized carbons (Fsp3) is 0.158. The Bertz CT molecular complexity index is 1160. The SMILES string of the molecule is Cc1ncc(C)n2nc(C=Cc3cn4c(n3)-c3cccc(F)c3C4)nc12. The van der Waals surface area contributed by atoms with Gasteiger partial charge in [0.15, 0.2) is 11.5 Å².